The molecule has 0 spiro atoms. The Balaban J connectivity index is 2.08. The van der Waals surface area contributed by atoms with Crippen molar-refractivity contribution in [3.63, 3.8) is 0 Å². The summed E-state index contributed by atoms with van der Waals surface area (Å²) >= 11 is 0. The van der Waals surface area contributed by atoms with Gasteiger partial charge >= 0.3 is 8.32 Å². The van der Waals surface area contributed by atoms with Crippen molar-refractivity contribution in [2.24, 2.45) is 0 Å². The Bertz CT molecular complexity index is 698. The van der Waals surface area contributed by atoms with E-state index in [0.29, 0.717) is 0 Å². The second-order valence-corrected chi connectivity index (χ2v) is 9.11. The van der Waals surface area contributed by atoms with Crippen molar-refractivity contribution in [2.75, 3.05) is 0 Å². The molecule has 0 aliphatic rings. The molecular weight excluding hydrogens is 284 g/mol. The van der Waals surface area contributed by atoms with Crippen LogP contribution < -0.4 is 14.8 Å². The lowest BCUT2D eigenvalue weighted by Crippen LogP contribution is -2.60. The Kier molecular flexibility index (Phi) is 4.12. The van der Waals surface area contributed by atoms with Gasteiger partial charge in [0.2, 0.25) is 0 Å². The van der Waals surface area contributed by atoms with Gasteiger partial charge < -0.3 is 4.43 Å². The lowest BCUT2D eigenvalue weighted by atomic mass is 10.2. The molecule has 0 atom stereocenters. The van der Waals surface area contributed by atoms with Gasteiger partial charge in [0.25, 0.3) is 0 Å². The van der Waals surface area contributed by atoms with Crippen molar-refractivity contribution in [3.8, 4) is 5.75 Å². The first-order valence-electron chi connectivity index (χ1n) is 7.55. The normalized spacial score (nSPS) is 11.2. The summed E-state index contributed by atoms with van der Waals surface area (Å²) in [6.07, 6.45) is 0. The van der Waals surface area contributed by atoms with Crippen molar-refractivity contribution >= 4 is 18.7 Å². The summed E-state index contributed by atoms with van der Waals surface area (Å²) in [5.41, 5.74) is 1.22. The molecule has 3 aromatic rings. The van der Waals surface area contributed by atoms with Crippen LogP contribution in [0.2, 0.25) is 6.55 Å². The molecule has 0 bridgehead atoms. The summed E-state index contributed by atoms with van der Waals surface area (Å²) < 4.78 is 6.59. The Morgan fingerprint density at radius 3 is 1.73 bits per heavy atom. The van der Waals surface area contributed by atoms with Crippen molar-refractivity contribution in [3.05, 3.63) is 90.5 Å². The zero-order chi connectivity index (χ0) is 15.4. The third-order valence-electron chi connectivity index (χ3n) is 3.96. The lowest BCUT2D eigenvalue weighted by molar-refractivity contribution is 0.570. The topological polar surface area (TPSA) is 9.23 Å². The summed E-state index contributed by atoms with van der Waals surface area (Å²) in [6, 6.07) is 29.5. The molecule has 0 aliphatic carbocycles. The highest BCUT2D eigenvalue weighted by Gasteiger charge is 2.35. The van der Waals surface area contributed by atoms with E-state index in [1.165, 1.54) is 15.9 Å². The highest BCUT2D eigenvalue weighted by atomic mass is 28.4. The zero-order valence-corrected chi connectivity index (χ0v) is 14.0. The summed E-state index contributed by atoms with van der Waals surface area (Å²) in [5.74, 6) is 0.946. The van der Waals surface area contributed by atoms with Gasteiger partial charge in [-0.05, 0) is 41.5 Å². The number of benzene rings is 3. The van der Waals surface area contributed by atoms with Crippen LogP contribution in [0.4, 0.5) is 0 Å². The largest absolute Gasteiger partial charge is 0.535 e. The molecule has 0 heterocycles. The fraction of sp³-hybridized carbons (Fsp3) is 0.100. The summed E-state index contributed by atoms with van der Waals surface area (Å²) in [5, 5.41) is 2.56. The minimum absolute atomic E-state index is 0.946. The monoisotopic (exact) mass is 304 g/mol. The molecule has 2 heteroatoms. The Hall–Kier alpha value is -2.32. The summed E-state index contributed by atoms with van der Waals surface area (Å²) in [6.45, 7) is 4.36. The fourth-order valence-corrected chi connectivity index (χ4v) is 5.54. The molecule has 0 unspecified atom stereocenters. The van der Waals surface area contributed by atoms with Crippen LogP contribution in [0.1, 0.15) is 5.56 Å². The van der Waals surface area contributed by atoms with Crippen LogP contribution >= 0.6 is 0 Å². The van der Waals surface area contributed by atoms with E-state index in [1.54, 1.807) is 0 Å². The molecule has 3 aromatic carbocycles. The van der Waals surface area contributed by atoms with Crippen LogP contribution in [-0.2, 0) is 0 Å². The van der Waals surface area contributed by atoms with Gasteiger partial charge in [0.05, 0.1) is 0 Å². The maximum atomic E-state index is 6.59. The van der Waals surface area contributed by atoms with Crippen molar-refractivity contribution in [2.45, 2.75) is 13.5 Å². The van der Waals surface area contributed by atoms with E-state index in [0.717, 1.165) is 5.75 Å². The first-order valence-corrected chi connectivity index (χ1v) is 9.96. The SMILES string of the molecule is Cc1cccc(O[Si](C)(c2ccccc2)c2ccccc2)c1. The van der Waals surface area contributed by atoms with Crippen molar-refractivity contribution < 1.29 is 4.43 Å². The second kappa shape index (κ2) is 6.20. The standard InChI is InChI=1S/C20H20OSi/c1-17-10-9-11-18(16-17)21-22(2,19-12-5-3-6-13-19)20-14-7-4-8-15-20/h3-16H,1-2H3. The van der Waals surface area contributed by atoms with Crippen molar-refractivity contribution in [1.29, 1.82) is 0 Å². The average Bonchev–Trinajstić information content (AvgIpc) is 2.56. The van der Waals surface area contributed by atoms with Crippen molar-refractivity contribution in [1.82, 2.24) is 0 Å². The van der Waals surface area contributed by atoms with Gasteiger partial charge in [-0.3, -0.25) is 0 Å². The van der Waals surface area contributed by atoms with E-state index in [4.69, 9.17) is 4.43 Å². The van der Waals surface area contributed by atoms with E-state index in [9.17, 15) is 0 Å². The number of hydrogen-bond donors (Lipinski definition) is 0. The molecule has 0 saturated carbocycles. The minimum Gasteiger partial charge on any atom is -0.535 e. The molecule has 22 heavy (non-hydrogen) atoms. The third kappa shape index (κ3) is 2.97. The maximum Gasteiger partial charge on any atom is 0.311 e. The van der Waals surface area contributed by atoms with Gasteiger partial charge in [0, 0.05) is 0 Å². The van der Waals surface area contributed by atoms with Crippen LogP contribution in [0.15, 0.2) is 84.9 Å². The molecule has 0 fully saturated rings. The van der Waals surface area contributed by atoms with E-state index < -0.39 is 8.32 Å². The van der Waals surface area contributed by atoms with E-state index in [2.05, 4.69) is 92.3 Å². The van der Waals surface area contributed by atoms with Gasteiger partial charge in [-0.1, -0.05) is 72.8 Å². The van der Waals surface area contributed by atoms with Gasteiger partial charge in [0.15, 0.2) is 0 Å². The van der Waals surface area contributed by atoms with E-state index >= 15 is 0 Å². The third-order valence-corrected chi connectivity index (χ3v) is 7.47. The van der Waals surface area contributed by atoms with Crippen LogP contribution in [0, 0.1) is 6.92 Å². The van der Waals surface area contributed by atoms with Crippen LogP contribution in [-0.4, -0.2) is 8.32 Å². The molecule has 110 valence electrons. The second-order valence-electron chi connectivity index (χ2n) is 5.68. The predicted octanol–water partition coefficient (Wildman–Crippen LogP) is 3.76. The minimum atomic E-state index is -2.27. The van der Waals surface area contributed by atoms with Crippen LogP contribution in [0.25, 0.3) is 0 Å². The molecule has 0 amide bonds. The van der Waals surface area contributed by atoms with Gasteiger partial charge in [-0.2, -0.15) is 0 Å². The molecule has 0 aliphatic heterocycles. The predicted molar refractivity (Wildman–Crippen MR) is 95.6 cm³/mol. The Morgan fingerprint density at radius 1 is 0.682 bits per heavy atom. The summed E-state index contributed by atoms with van der Waals surface area (Å²) in [7, 11) is -2.27. The highest BCUT2D eigenvalue weighted by molar-refractivity contribution is 6.97. The van der Waals surface area contributed by atoms with Gasteiger partial charge in [-0.15, -0.1) is 0 Å². The molecular formula is C20H20OSi. The summed E-state index contributed by atoms with van der Waals surface area (Å²) in [4.78, 5) is 0. The molecule has 1 nitrogen and oxygen atoms in total. The first-order chi connectivity index (χ1) is 10.7. The number of aryl methyl sites for hydroxylation is 1. The molecule has 0 radical (unpaired) electrons. The van der Waals surface area contributed by atoms with Crippen LogP contribution in [0.3, 0.4) is 0 Å². The van der Waals surface area contributed by atoms with E-state index in [1.807, 2.05) is 6.07 Å². The molecule has 0 saturated heterocycles. The highest BCUT2D eigenvalue weighted by Crippen LogP contribution is 2.18. The first kappa shape index (κ1) is 14.6. The maximum absolute atomic E-state index is 6.59. The fourth-order valence-electron chi connectivity index (χ4n) is 2.71. The van der Waals surface area contributed by atoms with Crippen LogP contribution in [0.5, 0.6) is 5.75 Å². The Morgan fingerprint density at radius 2 is 1.23 bits per heavy atom. The van der Waals surface area contributed by atoms with Gasteiger partial charge in [-0.25, -0.2) is 0 Å². The van der Waals surface area contributed by atoms with E-state index in [-0.39, 0.29) is 0 Å². The molecule has 0 aromatic heterocycles. The smallest absolute Gasteiger partial charge is 0.311 e. The molecule has 3 rings (SSSR count). The van der Waals surface area contributed by atoms with Gasteiger partial charge in [0.1, 0.15) is 5.75 Å². The quantitative estimate of drug-likeness (QED) is 0.667. The molecule has 0 N–H and O–H groups in total. The Labute approximate surface area is 133 Å². The lowest BCUT2D eigenvalue weighted by Gasteiger charge is -2.29. The number of rotatable bonds is 4. The number of hydrogen-bond acceptors (Lipinski definition) is 1. The average molecular weight is 304 g/mol. The zero-order valence-electron chi connectivity index (χ0n) is 13.0.